The van der Waals surface area contributed by atoms with Crippen LogP contribution in [0.1, 0.15) is 56.2 Å². The van der Waals surface area contributed by atoms with Gasteiger partial charge in [0.1, 0.15) is 0 Å². The highest BCUT2D eigenvalue weighted by molar-refractivity contribution is 7.89. The third-order valence-electron chi connectivity index (χ3n) is 5.38. The van der Waals surface area contributed by atoms with Gasteiger partial charge in [0.25, 0.3) is 0 Å². The molecule has 2 N–H and O–H groups in total. The van der Waals surface area contributed by atoms with E-state index in [0.29, 0.717) is 24.4 Å². The number of benzene rings is 1. The number of piperidine rings is 1. The molecule has 0 saturated carbocycles. The zero-order chi connectivity index (χ0) is 22.5. The molecule has 168 valence electrons. The summed E-state index contributed by atoms with van der Waals surface area (Å²) in [6, 6.07) is 3.60. The summed E-state index contributed by atoms with van der Waals surface area (Å²) in [6.07, 6.45) is 3.00. The Morgan fingerprint density at radius 1 is 1.07 bits per heavy atom. The third kappa shape index (κ3) is 6.04. The van der Waals surface area contributed by atoms with Crippen LogP contribution in [0.25, 0.3) is 0 Å². The van der Waals surface area contributed by atoms with E-state index in [-0.39, 0.29) is 18.5 Å². The zero-order valence-corrected chi connectivity index (χ0v) is 19.6. The summed E-state index contributed by atoms with van der Waals surface area (Å²) in [5.74, 6) is -1.06. The standard InChI is InChI=1S/C22H35N3O4S/c1-15(2)14-24-22(27)21(26)23-10-9-19-8-6-7-11-25(19)30(28,29)20-17(4)12-16(3)13-18(20)5/h12-13,15,19H,6-11,14H2,1-5H3,(H,23,26)(H,24,27)/t19-/m1/s1. The number of sulfonamides is 1. The Morgan fingerprint density at radius 2 is 1.67 bits per heavy atom. The molecule has 1 atom stereocenters. The van der Waals surface area contributed by atoms with Gasteiger partial charge < -0.3 is 10.6 Å². The molecule has 0 aromatic heterocycles. The van der Waals surface area contributed by atoms with E-state index in [1.165, 1.54) is 0 Å². The van der Waals surface area contributed by atoms with Gasteiger partial charge in [0.15, 0.2) is 0 Å². The van der Waals surface area contributed by atoms with Gasteiger partial charge in [-0.3, -0.25) is 9.59 Å². The van der Waals surface area contributed by atoms with E-state index < -0.39 is 21.8 Å². The van der Waals surface area contributed by atoms with Crippen molar-refractivity contribution in [3.63, 3.8) is 0 Å². The SMILES string of the molecule is Cc1cc(C)c(S(=O)(=O)N2CCCC[C@@H]2CCNC(=O)C(=O)NCC(C)C)c(C)c1. The van der Waals surface area contributed by atoms with E-state index in [2.05, 4.69) is 10.6 Å². The lowest BCUT2D eigenvalue weighted by Crippen LogP contribution is -2.46. The zero-order valence-electron chi connectivity index (χ0n) is 18.7. The van der Waals surface area contributed by atoms with Crippen molar-refractivity contribution in [2.75, 3.05) is 19.6 Å². The molecule has 1 heterocycles. The Hall–Kier alpha value is -1.93. The van der Waals surface area contributed by atoms with E-state index in [9.17, 15) is 18.0 Å². The average molecular weight is 438 g/mol. The molecule has 1 aliphatic heterocycles. The van der Waals surface area contributed by atoms with E-state index in [1.807, 2.05) is 46.8 Å². The van der Waals surface area contributed by atoms with Crippen molar-refractivity contribution < 1.29 is 18.0 Å². The van der Waals surface area contributed by atoms with Crippen LogP contribution in [0.15, 0.2) is 17.0 Å². The number of nitrogens with zero attached hydrogens (tertiary/aromatic N) is 1. The summed E-state index contributed by atoms with van der Waals surface area (Å²) in [6.45, 7) is 10.7. The molecule has 1 fully saturated rings. The van der Waals surface area contributed by atoms with Crippen molar-refractivity contribution in [1.82, 2.24) is 14.9 Å². The highest BCUT2D eigenvalue weighted by Gasteiger charge is 2.35. The summed E-state index contributed by atoms with van der Waals surface area (Å²) in [5, 5.41) is 5.21. The predicted octanol–water partition coefficient (Wildman–Crippen LogP) is 2.43. The van der Waals surface area contributed by atoms with E-state index in [0.717, 1.165) is 36.0 Å². The minimum atomic E-state index is -3.63. The maximum atomic E-state index is 13.5. The first-order chi connectivity index (χ1) is 14.0. The van der Waals surface area contributed by atoms with Crippen molar-refractivity contribution in [1.29, 1.82) is 0 Å². The molecule has 7 nitrogen and oxygen atoms in total. The maximum Gasteiger partial charge on any atom is 0.309 e. The molecule has 30 heavy (non-hydrogen) atoms. The highest BCUT2D eigenvalue weighted by atomic mass is 32.2. The fraction of sp³-hybridized carbons (Fsp3) is 0.636. The second kappa shape index (κ2) is 10.4. The predicted molar refractivity (Wildman–Crippen MR) is 118 cm³/mol. The van der Waals surface area contributed by atoms with Crippen LogP contribution in [0.2, 0.25) is 0 Å². The molecular weight excluding hydrogens is 402 g/mol. The number of hydrogen-bond acceptors (Lipinski definition) is 4. The van der Waals surface area contributed by atoms with Crippen LogP contribution < -0.4 is 10.6 Å². The number of carbonyl (C=O) groups excluding carboxylic acids is 2. The first-order valence-electron chi connectivity index (χ1n) is 10.7. The van der Waals surface area contributed by atoms with Crippen molar-refractivity contribution in [2.45, 2.75) is 71.2 Å². The number of aryl methyl sites for hydroxylation is 3. The Kier molecular flexibility index (Phi) is 8.43. The fourth-order valence-corrected chi connectivity index (χ4v) is 6.22. The summed E-state index contributed by atoms with van der Waals surface area (Å²) in [7, 11) is -3.63. The van der Waals surface area contributed by atoms with Gasteiger partial charge in [-0.15, -0.1) is 0 Å². The normalized spacial score (nSPS) is 17.7. The number of amides is 2. The van der Waals surface area contributed by atoms with Crippen LogP contribution >= 0.6 is 0 Å². The molecule has 8 heteroatoms. The summed E-state index contributed by atoms with van der Waals surface area (Å²) in [4.78, 5) is 24.2. The lowest BCUT2D eigenvalue weighted by Gasteiger charge is -2.35. The van der Waals surface area contributed by atoms with E-state index in [4.69, 9.17) is 0 Å². The smallest absolute Gasteiger partial charge is 0.309 e. The second-order valence-electron chi connectivity index (χ2n) is 8.64. The molecule has 1 aliphatic rings. The van der Waals surface area contributed by atoms with Crippen molar-refractivity contribution in [3.8, 4) is 0 Å². The van der Waals surface area contributed by atoms with Crippen LogP contribution in [0, 0.1) is 26.7 Å². The minimum absolute atomic E-state index is 0.192. The lowest BCUT2D eigenvalue weighted by molar-refractivity contribution is -0.139. The van der Waals surface area contributed by atoms with Gasteiger partial charge in [0.2, 0.25) is 10.0 Å². The lowest BCUT2D eigenvalue weighted by atomic mass is 10.0. The second-order valence-corrected chi connectivity index (χ2v) is 10.5. The van der Waals surface area contributed by atoms with E-state index >= 15 is 0 Å². The third-order valence-corrected chi connectivity index (χ3v) is 7.64. The van der Waals surface area contributed by atoms with Crippen LogP contribution in [0.4, 0.5) is 0 Å². The fourth-order valence-electron chi connectivity index (χ4n) is 4.08. The number of carbonyl (C=O) groups is 2. The largest absolute Gasteiger partial charge is 0.348 e. The van der Waals surface area contributed by atoms with Crippen molar-refractivity contribution in [3.05, 3.63) is 28.8 Å². The molecule has 2 amide bonds. The van der Waals surface area contributed by atoms with Gasteiger partial charge >= 0.3 is 11.8 Å². The summed E-state index contributed by atoms with van der Waals surface area (Å²) in [5.41, 5.74) is 2.55. The Labute approximate surface area is 180 Å². The van der Waals surface area contributed by atoms with Gasteiger partial charge in [-0.25, -0.2) is 8.42 Å². The first-order valence-corrected chi connectivity index (χ1v) is 12.1. The number of rotatable bonds is 7. The highest BCUT2D eigenvalue weighted by Crippen LogP contribution is 2.31. The Morgan fingerprint density at radius 3 is 2.27 bits per heavy atom. The molecule has 1 saturated heterocycles. The summed E-state index contributed by atoms with van der Waals surface area (Å²) < 4.78 is 28.5. The van der Waals surface area contributed by atoms with Gasteiger partial charge in [-0.2, -0.15) is 4.31 Å². The monoisotopic (exact) mass is 437 g/mol. The van der Waals surface area contributed by atoms with Crippen LogP contribution in [-0.4, -0.2) is 50.2 Å². The van der Waals surface area contributed by atoms with Crippen LogP contribution in [0.5, 0.6) is 0 Å². The first kappa shape index (κ1) is 24.3. The maximum absolute atomic E-state index is 13.5. The summed E-state index contributed by atoms with van der Waals surface area (Å²) >= 11 is 0. The molecule has 0 bridgehead atoms. The quantitative estimate of drug-likeness (QED) is 0.641. The van der Waals surface area contributed by atoms with Crippen LogP contribution in [-0.2, 0) is 19.6 Å². The number of hydrogen-bond donors (Lipinski definition) is 2. The molecular formula is C22H35N3O4S. The minimum Gasteiger partial charge on any atom is -0.348 e. The van der Waals surface area contributed by atoms with Gasteiger partial charge in [-0.1, -0.05) is 38.0 Å². The van der Waals surface area contributed by atoms with E-state index in [1.54, 1.807) is 4.31 Å². The Balaban J connectivity index is 2.06. The number of nitrogens with one attached hydrogen (secondary N) is 2. The molecule has 0 radical (unpaired) electrons. The van der Waals surface area contributed by atoms with Gasteiger partial charge in [0, 0.05) is 25.7 Å². The van der Waals surface area contributed by atoms with Crippen molar-refractivity contribution in [2.24, 2.45) is 5.92 Å². The molecule has 0 spiro atoms. The molecule has 1 aromatic carbocycles. The van der Waals surface area contributed by atoms with Gasteiger partial charge in [0.05, 0.1) is 4.90 Å². The van der Waals surface area contributed by atoms with Crippen LogP contribution in [0.3, 0.4) is 0 Å². The molecule has 0 aliphatic carbocycles. The average Bonchev–Trinajstić information content (AvgIpc) is 2.65. The molecule has 1 aromatic rings. The molecule has 2 rings (SSSR count). The van der Waals surface area contributed by atoms with Crippen molar-refractivity contribution >= 4 is 21.8 Å². The Bertz CT molecular complexity index is 857. The van der Waals surface area contributed by atoms with Gasteiger partial charge in [-0.05, 0) is 57.1 Å². The molecule has 0 unspecified atom stereocenters. The topological polar surface area (TPSA) is 95.6 Å².